The highest BCUT2D eigenvalue weighted by atomic mass is 16.5. The van der Waals surface area contributed by atoms with Crippen LogP contribution >= 0.6 is 0 Å². The van der Waals surface area contributed by atoms with Crippen molar-refractivity contribution in [1.82, 2.24) is 9.47 Å². The summed E-state index contributed by atoms with van der Waals surface area (Å²) >= 11 is 0. The van der Waals surface area contributed by atoms with Crippen molar-refractivity contribution in [1.29, 1.82) is 0 Å². The van der Waals surface area contributed by atoms with Crippen LogP contribution in [0.2, 0.25) is 0 Å². The van der Waals surface area contributed by atoms with Gasteiger partial charge in [-0.05, 0) is 43.0 Å². The molecule has 1 aromatic heterocycles. The molecule has 4 rings (SSSR count). The maximum Gasteiger partial charge on any atom is 0.254 e. The number of pyridine rings is 1. The minimum atomic E-state index is -0.625. The van der Waals surface area contributed by atoms with Crippen LogP contribution in [0, 0.1) is 6.92 Å². The number of hydrogen-bond acceptors (Lipinski definition) is 5. The largest absolute Gasteiger partial charge is 0.489 e. The number of benzene rings is 2. The lowest BCUT2D eigenvalue weighted by molar-refractivity contribution is 0.0679. The van der Waals surface area contributed by atoms with Crippen LogP contribution in [0.1, 0.15) is 40.4 Å². The Morgan fingerprint density at radius 3 is 2.55 bits per heavy atom. The van der Waals surface area contributed by atoms with Crippen molar-refractivity contribution in [2.45, 2.75) is 45.6 Å². The topological polar surface area (TPSA) is 71.8 Å². The van der Waals surface area contributed by atoms with Gasteiger partial charge in [-0.2, -0.15) is 0 Å². The van der Waals surface area contributed by atoms with Crippen LogP contribution in [-0.2, 0) is 19.7 Å². The second-order valence-corrected chi connectivity index (χ2v) is 9.13. The summed E-state index contributed by atoms with van der Waals surface area (Å²) in [6.45, 7) is 6.40. The van der Waals surface area contributed by atoms with E-state index in [0.717, 1.165) is 36.2 Å². The first-order valence-electron chi connectivity index (χ1n) is 11.2. The Morgan fingerprint density at radius 2 is 1.88 bits per heavy atom. The SMILES string of the molecule is Cc1cc(CN2CCC(C)(O)C2)ccc1C(=O)Cn1ccc(OCc2ccccc2)cc1=O. The van der Waals surface area contributed by atoms with Crippen molar-refractivity contribution in [3.8, 4) is 5.75 Å². The highest BCUT2D eigenvalue weighted by Crippen LogP contribution is 2.23. The van der Waals surface area contributed by atoms with Crippen LogP contribution < -0.4 is 10.3 Å². The Labute approximate surface area is 194 Å². The lowest BCUT2D eigenvalue weighted by Gasteiger charge is -2.19. The third-order valence-electron chi connectivity index (χ3n) is 6.06. The van der Waals surface area contributed by atoms with Gasteiger partial charge in [0.2, 0.25) is 0 Å². The van der Waals surface area contributed by atoms with E-state index in [9.17, 15) is 14.7 Å². The minimum Gasteiger partial charge on any atom is -0.489 e. The molecule has 33 heavy (non-hydrogen) atoms. The van der Waals surface area contributed by atoms with Gasteiger partial charge < -0.3 is 14.4 Å². The number of hydrogen-bond donors (Lipinski definition) is 1. The average Bonchev–Trinajstić information content (AvgIpc) is 3.12. The van der Waals surface area contributed by atoms with Crippen LogP contribution in [0.25, 0.3) is 0 Å². The van der Waals surface area contributed by atoms with E-state index >= 15 is 0 Å². The number of aliphatic hydroxyl groups is 1. The van der Waals surface area contributed by atoms with E-state index in [0.29, 0.717) is 24.5 Å². The Balaban J connectivity index is 1.38. The standard InChI is InChI=1S/C27H30N2O4/c1-20-14-22(16-28-13-11-27(2,32)19-28)8-9-24(20)25(30)17-29-12-10-23(15-26(29)31)33-18-21-6-4-3-5-7-21/h3-10,12,14-15,32H,11,13,16-19H2,1-2H3. The van der Waals surface area contributed by atoms with Gasteiger partial charge in [-0.25, -0.2) is 0 Å². The Morgan fingerprint density at radius 1 is 1.09 bits per heavy atom. The summed E-state index contributed by atoms with van der Waals surface area (Å²) in [4.78, 5) is 27.6. The zero-order chi connectivity index (χ0) is 23.4. The maximum absolute atomic E-state index is 12.9. The lowest BCUT2D eigenvalue weighted by Crippen LogP contribution is -2.29. The lowest BCUT2D eigenvalue weighted by atomic mass is 10.0. The molecular formula is C27H30N2O4. The van der Waals surface area contributed by atoms with Crippen LogP contribution in [0.3, 0.4) is 0 Å². The maximum atomic E-state index is 12.9. The molecule has 2 aromatic carbocycles. The molecule has 6 nitrogen and oxygen atoms in total. The number of aromatic nitrogens is 1. The minimum absolute atomic E-state index is 0.0209. The first kappa shape index (κ1) is 23.0. The zero-order valence-corrected chi connectivity index (χ0v) is 19.2. The molecule has 0 amide bonds. The molecule has 1 atom stereocenters. The molecule has 0 bridgehead atoms. The molecule has 0 aliphatic carbocycles. The van der Waals surface area contributed by atoms with Gasteiger partial charge in [-0.15, -0.1) is 0 Å². The Hall–Kier alpha value is -3.22. The number of carbonyl (C=O) groups is 1. The van der Waals surface area contributed by atoms with E-state index < -0.39 is 5.60 Å². The Kier molecular flexibility index (Phi) is 6.77. The van der Waals surface area contributed by atoms with Crippen LogP contribution in [0.15, 0.2) is 71.7 Å². The summed E-state index contributed by atoms with van der Waals surface area (Å²) in [5.74, 6) is 0.372. The highest BCUT2D eigenvalue weighted by molar-refractivity contribution is 5.97. The van der Waals surface area contributed by atoms with Crippen LogP contribution in [0.4, 0.5) is 0 Å². The molecule has 0 spiro atoms. The second-order valence-electron chi connectivity index (χ2n) is 9.13. The molecular weight excluding hydrogens is 416 g/mol. The number of Topliss-reactive ketones (excluding diaryl/α,β-unsaturated/α-hetero) is 1. The van der Waals surface area contributed by atoms with E-state index in [-0.39, 0.29) is 17.9 Å². The van der Waals surface area contributed by atoms with E-state index in [1.54, 1.807) is 12.3 Å². The summed E-state index contributed by atoms with van der Waals surface area (Å²) < 4.78 is 7.10. The van der Waals surface area contributed by atoms with Gasteiger partial charge in [0.15, 0.2) is 5.78 Å². The molecule has 1 saturated heterocycles. The molecule has 1 aliphatic rings. The summed E-state index contributed by atoms with van der Waals surface area (Å²) in [6, 6.07) is 18.7. The third kappa shape index (κ3) is 5.97. The van der Waals surface area contributed by atoms with Crippen molar-refractivity contribution < 1.29 is 14.6 Å². The van der Waals surface area contributed by atoms with Crippen molar-refractivity contribution in [3.05, 3.63) is 99.5 Å². The Bertz CT molecular complexity index is 1180. The summed E-state index contributed by atoms with van der Waals surface area (Å²) in [7, 11) is 0. The predicted octanol–water partition coefficient (Wildman–Crippen LogP) is 3.58. The molecule has 3 aromatic rings. The summed E-state index contributed by atoms with van der Waals surface area (Å²) in [5.41, 5.74) is 2.73. The van der Waals surface area contributed by atoms with Gasteiger partial charge in [0, 0.05) is 37.5 Å². The van der Waals surface area contributed by atoms with E-state index in [1.807, 2.05) is 62.4 Å². The number of ether oxygens (including phenoxy) is 1. The van der Waals surface area contributed by atoms with Crippen molar-refractivity contribution in [2.24, 2.45) is 0 Å². The molecule has 2 heterocycles. The fourth-order valence-electron chi connectivity index (χ4n) is 4.26. The molecule has 1 unspecified atom stereocenters. The van der Waals surface area contributed by atoms with Gasteiger partial charge in [0.1, 0.15) is 12.4 Å². The summed E-state index contributed by atoms with van der Waals surface area (Å²) in [5, 5.41) is 10.2. The van der Waals surface area contributed by atoms with E-state index in [2.05, 4.69) is 4.90 Å². The second kappa shape index (κ2) is 9.73. The number of nitrogens with zero attached hydrogens (tertiary/aromatic N) is 2. The van der Waals surface area contributed by atoms with Crippen LogP contribution in [-0.4, -0.2) is 39.0 Å². The van der Waals surface area contributed by atoms with Gasteiger partial charge in [0.25, 0.3) is 5.56 Å². The molecule has 1 aliphatic heterocycles. The van der Waals surface area contributed by atoms with Gasteiger partial charge in [-0.3, -0.25) is 14.5 Å². The fraction of sp³-hybridized carbons (Fsp3) is 0.333. The predicted molar refractivity (Wildman–Crippen MR) is 128 cm³/mol. The van der Waals surface area contributed by atoms with E-state index in [1.165, 1.54) is 10.6 Å². The highest BCUT2D eigenvalue weighted by Gasteiger charge is 2.31. The number of carbonyl (C=O) groups excluding carboxylic acids is 1. The number of aryl methyl sites for hydroxylation is 1. The zero-order valence-electron chi connectivity index (χ0n) is 19.2. The van der Waals surface area contributed by atoms with Crippen molar-refractivity contribution in [3.63, 3.8) is 0 Å². The average molecular weight is 447 g/mol. The van der Waals surface area contributed by atoms with E-state index in [4.69, 9.17) is 4.74 Å². The first-order chi connectivity index (χ1) is 15.8. The monoisotopic (exact) mass is 446 g/mol. The van der Waals surface area contributed by atoms with Crippen molar-refractivity contribution in [2.75, 3.05) is 13.1 Å². The summed E-state index contributed by atoms with van der Waals surface area (Å²) in [6.07, 6.45) is 2.37. The molecule has 1 N–H and O–H groups in total. The molecule has 1 fully saturated rings. The van der Waals surface area contributed by atoms with Crippen LogP contribution in [0.5, 0.6) is 5.75 Å². The number of β-amino-alcohol motifs (C(OH)–C–C–N with tert-alkyl or cyclic N) is 1. The van der Waals surface area contributed by atoms with Gasteiger partial charge in [0.05, 0.1) is 12.1 Å². The first-order valence-corrected chi connectivity index (χ1v) is 11.2. The quantitative estimate of drug-likeness (QED) is 0.536. The molecule has 6 heteroatoms. The number of ketones is 1. The fourth-order valence-corrected chi connectivity index (χ4v) is 4.26. The number of rotatable bonds is 8. The smallest absolute Gasteiger partial charge is 0.254 e. The van der Waals surface area contributed by atoms with Crippen molar-refractivity contribution >= 4 is 5.78 Å². The van der Waals surface area contributed by atoms with Gasteiger partial charge >= 0.3 is 0 Å². The number of likely N-dealkylation sites (tertiary alicyclic amines) is 1. The normalized spacial score (nSPS) is 18.4. The molecule has 172 valence electrons. The third-order valence-corrected chi connectivity index (χ3v) is 6.06. The van der Waals surface area contributed by atoms with Gasteiger partial charge in [-0.1, -0.05) is 48.5 Å². The molecule has 0 radical (unpaired) electrons. The molecule has 0 saturated carbocycles.